The molecule has 0 aromatic carbocycles. The monoisotopic (exact) mass is 526 g/mol. The Morgan fingerprint density at radius 1 is 1.16 bits per heavy atom. The summed E-state index contributed by atoms with van der Waals surface area (Å²) in [5.41, 5.74) is -0.230. The van der Waals surface area contributed by atoms with Crippen molar-refractivity contribution in [3.05, 3.63) is 80.0 Å². The molecule has 0 unspecified atom stereocenters. The number of aliphatic carboxylic acids is 1. The van der Waals surface area contributed by atoms with Crippen LogP contribution < -0.4 is 5.56 Å². The molecule has 5 rings (SSSR count). The van der Waals surface area contributed by atoms with E-state index < -0.39 is 29.1 Å². The Bertz CT molecular complexity index is 1670. The van der Waals surface area contributed by atoms with Crippen LogP contribution >= 0.6 is 11.6 Å². The summed E-state index contributed by atoms with van der Waals surface area (Å²) in [6, 6.07) is 2.88. The first-order valence-corrected chi connectivity index (χ1v) is 11.7. The molecule has 0 bridgehead atoms. The molecule has 0 saturated heterocycles. The topological polar surface area (TPSA) is 116 Å². The Morgan fingerprint density at radius 2 is 1.89 bits per heavy atom. The summed E-state index contributed by atoms with van der Waals surface area (Å²) in [6.07, 6.45) is 3.02. The molecule has 0 aliphatic heterocycles. The van der Waals surface area contributed by atoms with E-state index in [9.17, 15) is 14.7 Å². The van der Waals surface area contributed by atoms with E-state index in [0.29, 0.717) is 34.9 Å². The van der Waals surface area contributed by atoms with E-state index in [1.165, 1.54) is 23.1 Å². The number of halogens is 3. The normalized spacial score (nSPS) is 16.7. The van der Waals surface area contributed by atoms with Gasteiger partial charge in [-0.15, -0.1) is 5.10 Å². The maximum atomic E-state index is 16.1. The summed E-state index contributed by atoms with van der Waals surface area (Å²) in [7, 11) is 0. The lowest BCUT2D eigenvalue weighted by atomic mass is 10.1. The van der Waals surface area contributed by atoms with Crippen LogP contribution in [0.4, 0.5) is 8.78 Å². The van der Waals surface area contributed by atoms with Crippen LogP contribution in [0.1, 0.15) is 40.8 Å². The van der Waals surface area contributed by atoms with Crippen LogP contribution in [0.3, 0.4) is 0 Å². The van der Waals surface area contributed by atoms with Gasteiger partial charge in [-0.25, -0.2) is 18.7 Å². The maximum absolute atomic E-state index is 16.1. The molecule has 190 valence electrons. The zero-order valence-corrected chi connectivity index (χ0v) is 21.0. The smallest absolute Gasteiger partial charge is 0.307 e. The highest BCUT2D eigenvalue weighted by molar-refractivity contribution is 6.31. The lowest BCUT2D eigenvalue weighted by Crippen LogP contribution is -2.25. The number of carboxylic acid groups (broad SMARTS) is 1. The van der Waals surface area contributed by atoms with Crippen molar-refractivity contribution in [2.45, 2.75) is 40.0 Å². The molecule has 0 radical (unpaired) electrons. The summed E-state index contributed by atoms with van der Waals surface area (Å²) < 4.78 is 34.0. The zero-order valence-electron chi connectivity index (χ0n) is 20.3. The molecule has 4 heterocycles. The molecule has 4 aromatic rings. The Balaban J connectivity index is 1.67. The van der Waals surface area contributed by atoms with E-state index in [1.54, 1.807) is 33.8 Å². The predicted octanol–water partition coefficient (Wildman–Crippen LogP) is 4.23. The van der Waals surface area contributed by atoms with Crippen molar-refractivity contribution in [2.75, 3.05) is 0 Å². The molecule has 9 nitrogen and oxygen atoms in total. The van der Waals surface area contributed by atoms with E-state index in [2.05, 4.69) is 20.1 Å². The second kappa shape index (κ2) is 8.84. The molecule has 37 heavy (non-hydrogen) atoms. The van der Waals surface area contributed by atoms with Gasteiger partial charge < -0.3 is 5.11 Å². The summed E-state index contributed by atoms with van der Waals surface area (Å²) in [4.78, 5) is 36.9. The molecule has 0 amide bonds. The van der Waals surface area contributed by atoms with Gasteiger partial charge in [0, 0.05) is 23.7 Å². The van der Waals surface area contributed by atoms with Crippen molar-refractivity contribution in [3.63, 3.8) is 0 Å². The van der Waals surface area contributed by atoms with Crippen LogP contribution in [-0.2, 0) is 4.79 Å². The molecule has 12 heteroatoms. The Kier molecular flexibility index (Phi) is 5.90. The molecule has 4 aromatic heterocycles. The van der Waals surface area contributed by atoms with Crippen LogP contribution in [0.5, 0.6) is 0 Å². The molecular weight excluding hydrogens is 506 g/mol. The van der Waals surface area contributed by atoms with Crippen molar-refractivity contribution in [1.29, 1.82) is 0 Å². The second-order valence-electron chi connectivity index (χ2n) is 9.05. The fourth-order valence-electron chi connectivity index (χ4n) is 4.61. The average molecular weight is 527 g/mol. The first kappa shape index (κ1) is 24.7. The Morgan fingerprint density at radius 3 is 2.51 bits per heavy atom. The van der Waals surface area contributed by atoms with Gasteiger partial charge in [-0.3, -0.25) is 19.1 Å². The highest BCUT2D eigenvalue weighted by Gasteiger charge is 2.46. The van der Waals surface area contributed by atoms with E-state index in [1.807, 2.05) is 0 Å². The van der Waals surface area contributed by atoms with Crippen LogP contribution in [0.15, 0.2) is 29.3 Å². The van der Waals surface area contributed by atoms with Crippen molar-refractivity contribution in [2.24, 2.45) is 5.92 Å². The number of pyridine rings is 3. The minimum Gasteiger partial charge on any atom is -0.481 e. The van der Waals surface area contributed by atoms with Crippen LogP contribution in [0.25, 0.3) is 22.8 Å². The largest absolute Gasteiger partial charge is 0.481 e. The minimum atomic E-state index is -0.960. The van der Waals surface area contributed by atoms with Crippen molar-refractivity contribution >= 4 is 17.6 Å². The average Bonchev–Trinajstić information content (AvgIpc) is 3.57. The van der Waals surface area contributed by atoms with Crippen LogP contribution in [-0.4, -0.2) is 40.4 Å². The third kappa shape index (κ3) is 3.99. The third-order valence-electron chi connectivity index (χ3n) is 6.47. The maximum Gasteiger partial charge on any atom is 0.307 e. The van der Waals surface area contributed by atoms with Gasteiger partial charge in [0.15, 0.2) is 17.5 Å². The summed E-state index contributed by atoms with van der Waals surface area (Å²) >= 11 is 6.37. The number of hydrogen-bond acceptors (Lipinski definition) is 6. The van der Waals surface area contributed by atoms with Gasteiger partial charge in [-0.1, -0.05) is 11.6 Å². The van der Waals surface area contributed by atoms with Gasteiger partial charge in [0.1, 0.15) is 22.4 Å². The van der Waals surface area contributed by atoms with E-state index >= 15 is 8.78 Å². The number of carbonyl (C=O) groups is 1. The molecular formula is C25H21ClF2N6O3. The number of hydrogen-bond donors (Lipinski definition) is 1. The molecule has 1 N–H and O–H groups in total. The summed E-state index contributed by atoms with van der Waals surface area (Å²) in [5, 5.41) is 13.2. The molecule has 1 aliphatic rings. The Hall–Kier alpha value is -3.99. The van der Waals surface area contributed by atoms with Gasteiger partial charge in [0.25, 0.3) is 5.56 Å². The Labute approximate surface area is 214 Å². The second-order valence-corrected chi connectivity index (χ2v) is 9.43. The molecule has 1 saturated carbocycles. The van der Waals surface area contributed by atoms with Gasteiger partial charge in [0.2, 0.25) is 0 Å². The van der Waals surface area contributed by atoms with Gasteiger partial charge in [-0.2, -0.15) is 4.68 Å². The third-order valence-corrected chi connectivity index (χ3v) is 6.85. The predicted molar refractivity (Wildman–Crippen MR) is 130 cm³/mol. The number of rotatable bonds is 5. The minimum absolute atomic E-state index is 0.128. The molecule has 1 fully saturated rings. The first-order chi connectivity index (χ1) is 17.5. The lowest BCUT2D eigenvalue weighted by Gasteiger charge is -2.18. The summed E-state index contributed by atoms with van der Waals surface area (Å²) in [6.45, 7) is 6.46. The SMILES string of the molecule is Cc1nc(C)n(-c2nccc(-c3ncc(C)c(-n4c(C)cc([C@H]5C[C@@H]5C(=O)O)c(Cl)c4=O)c3F)c2F)n1. The van der Waals surface area contributed by atoms with Crippen LogP contribution in [0.2, 0.25) is 5.02 Å². The quantitative estimate of drug-likeness (QED) is 0.413. The molecule has 1 aliphatic carbocycles. The van der Waals surface area contributed by atoms with E-state index in [4.69, 9.17) is 11.6 Å². The van der Waals surface area contributed by atoms with E-state index in [0.717, 1.165) is 4.57 Å². The van der Waals surface area contributed by atoms with Crippen molar-refractivity contribution < 1.29 is 18.7 Å². The molecule has 0 spiro atoms. The van der Waals surface area contributed by atoms with Gasteiger partial charge >= 0.3 is 5.97 Å². The number of carboxylic acids is 1. The van der Waals surface area contributed by atoms with Crippen molar-refractivity contribution in [3.8, 4) is 22.8 Å². The zero-order chi connectivity index (χ0) is 26.8. The highest BCUT2D eigenvalue weighted by atomic mass is 35.5. The van der Waals surface area contributed by atoms with E-state index in [-0.39, 0.29) is 33.7 Å². The van der Waals surface area contributed by atoms with Gasteiger partial charge in [0.05, 0.1) is 11.6 Å². The number of nitrogens with zero attached hydrogens (tertiary/aromatic N) is 6. The first-order valence-electron chi connectivity index (χ1n) is 11.4. The fraction of sp³-hybridized carbons (Fsp3) is 0.280. The van der Waals surface area contributed by atoms with Gasteiger partial charge in [-0.05, 0) is 63.3 Å². The highest BCUT2D eigenvalue weighted by Crippen LogP contribution is 2.49. The standard InChI is InChI=1S/C25H21ClF2N6O3/c1-10-9-30-21(14-5-6-29-23(19(14)27)34-13(4)31-12(3)32-34)20(28)22(10)33-11(2)7-16(18(26)24(33)35)15-8-17(15)25(36)37/h5-7,9,15,17H,8H2,1-4H3,(H,36,37)/t15-,17+/m1/s1. The molecule has 2 atom stereocenters. The summed E-state index contributed by atoms with van der Waals surface area (Å²) in [5.74, 6) is -3.08. The van der Waals surface area contributed by atoms with Crippen molar-refractivity contribution in [1.82, 2.24) is 29.3 Å². The number of aromatic nitrogens is 6. The van der Waals surface area contributed by atoms with Crippen LogP contribution in [0, 0.1) is 45.2 Å². The fourth-order valence-corrected chi connectivity index (χ4v) is 4.88. The lowest BCUT2D eigenvalue weighted by molar-refractivity contribution is -0.138. The number of aryl methyl sites for hydroxylation is 4.